The van der Waals surface area contributed by atoms with E-state index < -0.39 is 37.7 Å². The Morgan fingerprint density at radius 2 is 0.583 bits per heavy atom. The van der Waals surface area contributed by atoms with Gasteiger partial charge in [0.05, 0.1) is 0 Å². The molecule has 0 aliphatic heterocycles. The fraction of sp³-hybridized carbons (Fsp3) is 0.460. The van der Waals surface area contributed by atoms with Gasteiger partial charge in [0.1, 0.15) is 23.0 Å². The molecule has 8 bridgehead atoms. The molecule has 0 unspecified atom stereocenters. The molecule has 1 aliphatic carbocycles. The Morgan fingerprint density at radius 1 is 0.400 bits per heavy atom. The van der Waals surface area contributed by atoms with Gasteiger partial charge in [0.2, 0.25) is 0 Å². The molecule has 0 radical (unpaired) electrons. The Kier molecular flexibility index (Phi) is 12.8. The molecule has 0 fully saturated rings. The first kappa shape index (κ1) is 45.6. The van der Waals surface area contributed by atoms with E-state index in [2.05, 4.69) is 83.1 Å². The lowest BCUT2D eigenvalue weighted by molar-refractivity contribution is -0.140. The molecule has 0 saturated carbocycles. The first-order valence-corrected chi connectivity index (χ1v) is 20.5. The molecule has 322 valence electrons. The number of benzene rings is 4. The van der Waals surface area contributed by atoms with Gasteiger partial charge in [-0.2, -0.15) is 0 Å². The van der Waals surface area contributed by atoms with Crippen LogP contribution in [0.15, 0.2) is 48.5 Å². The maximum atomic E-state index is 12.3. The van der Waals surface area contributed by atoms with E-state index >= 15 is 0 Å². The van der Waals surface area contributed by atoms with Gasteiger partial charge in [0.15, 0.2) is 19.8 Å². The summed E-state index contributed by atoms with van der Waals surface area (Å²) in [5.41, 5.74) is 7.73. The molecule has 10 nitrogen and oxygen atoms in total. The van der Waals surface area contributed by atoms with Crippen LogP contribution in [0.3, 0.4) is 0 Å². The lowest BCUT2D eigenvalue weighted by Crippen LogP contribution is -2.19. The largest absolute Gasteiger partial charge is 0.507 e. The molecule has 0 spiro atoms. The second kappa shape index (κ2) is 16.9. The van der Waals surface area contributed by atoms with Crippen LogP contribution in [0, 0.1) is 0 Å². The fourth-order valence-corrected chi connectivity index (χ4v) is 7.59. The minimum atomic E-state index is -1.16. The Labute approximate surface area is 354 Å². The maximum absolute atomic E-state index is 12.3. The van der Waals surface area contributed by atoms with E-state index in [4.69, 9.17) is 14.2 Å². The van der Waals surface area contributed by atoms with E-state index in [9.17, 15) is 34.8 Å². The number of rotatable bonds is 9. The number of fused-ring (bicyclic) bond motifs is 8. The molecular weight excluding hydrogens is 761 g/mol. The summed E-state index contributed by atoms with van der Waals surface area (Å²) in [5.74, 6) is -2.28. The molecule has 4 aromatic rings. The van der Waals surface area contributed by atoms with Gasteiger partial charge in [-0.25, -0.2) is 14.4 Å². The predicted molar refractivity (Wildman–Crippen MR) is 233 cm³/mol. The van der Waals surface area contributed by atoms with Gasteiger partial charge >= 0.3 is 17.9 Å². The minimum Gasteiger partial charge on any atom is -0.507 e. The summed E-state index contributed by atoms with van der Waals surface area (Å²) in [6.45, 7) is 23.3. The van der Waals surface area contributed by atoms with Gasteiger partial charge in [-0.3, -0.25) is 0 Å². The highest BCUT2D eigenvalue weighted by Gasteiger charge is 2.29. The van der Waals surface area contributed by atoms with Crippen LogP contribution in [0.1, 0.15) is 150 Å². The third-order valence-corrected chi connectivity index (χ3v) is 11.0. The SMILES string of the molecule is CC(C)(C)c1cc2c(O)c(c1)Cc1cc(C(C)(C)C)cc(c1OCC(=O)O)Cc1cc(C(C)(C)C)cc(c1OCC(=O)O)Cc1cc(C(C)(C)C)cc(c1OCC(=O)O)C2. The average Bonchev–Trinajstić information content (AvgIpc) is 3.09. The number of carboxylic acids is 3. The summed E-state index contributed by atoms with van der Waals surface area (Å²) in [4.78, 5) is 36.4. The normalized spacial score (nSPS) is 13.4. The zero-order valence-corrected chi connectivity index (χ0v) is 37.3. The predicted octanol–water partition coefficient (Wildman–Crippen LogP) is 9.65. The first-order valence-electron chi connectivity index (χ1n) is 20.5. The van der Waals surface area contributed by atoms with Crippen molar-refractivity contribution in [3.63, 3.8) is 0 Å². The molecule has 0 heterocycles. The van der Waals surface area contributed by atoms with E-state index in [0.29, 0.717) is 61.8 Å². The zero-order chi connectivity index (χ0) is 44.7. The molecule has 4 aromatic carbocycles. The van der Waals surface area contributed by atoms with Gasteiger partial charge in [-0.05, 0) is 88.4 Å². The molecule has 0 atom stereocenters. The summed E-state index contributed by atoms with van der Waals surface area (Å²) in [6.07, 6.45) is 0.763. The maximum Gasteiger partial charge on any atom is 0.341 e. The molecule has 0 aromatic heterocycles. The number of hydrogen-bond donors (Lipinski definition) is 4. The molecule has 0 saturated heterocycles. The second-order valence-corrected chi connectivity index (χ2v) is 20.3. The summed E-state index contributed by atoms with van der Waals surface area (Å²) < 4.78 is 18.7. The smallest absolute Gasteiger partial charge is 0.341 e. The summed E-state index contributed by atoms with van der Waals surface area (Å²) in [5, 5.41) is 42.0. The van der Waals surface area contributed by atoms with Crippen molar-refractivity contribution < 1.29 is 49.0 Å². The highest BCUT2D eigenvalue weighted by molar-refractivity contribution is 5.70. The van der Waals surface area contributed by atoms with Crippen molar-refractivity contribution in [3.8, 4) is 23.0 Å². The second-order valence-electron chi connectivity index (χ2n) is 20.3. The number of aliphatic carboxylic acids is 3. The van der Waals surface area contributed by atoms with Crippen LogP contribution in [-0.4, -0.2) is 58.2 Å². The fourth-order valence-electron chi connectivity index (χ4n) is 7.59. The van der Waals surface area contributed by atoms with Crippen LogP contribution in [0.2, 0.25) is 0 Å². The molecule has 0 amide bonds. The van der Waals surface area contributed by atoms with E-state index in [1.165, 1.54) is 0 Å². The van der Waals surface area contributed by atoms with Crippen LogP contribution in [0.5, 0.6) is 23.0 Å². The van der Waals surface area contributed by atoms with E-state index in [-0.39, 0.29) is 53.1 Å². The standard InChI is InChI=1S/C50H62O10/c1-47(2,3)36-17-28-13-30-19-37(48(4,5)6)21-32(44(30)58-25-40(51)52)15-34-23-39(50(10,11)12)24-35(46(34)60-27-42(55)56)16-33-22-38(49(7,8)9)20-31(14-29(18-36)43(28)57)45(33)59-26-41(53)54/h17-24,57H,13-16,25-27H2,1-12H3,(H,51,52)(H,53,54)(H,55,56). The number of carboxylic acid groups (broad SMARTS) is 3. The first-order chi connectivity index (χ1) is 27.6. The van der Waals surface area contributed by atoms with Gasteiger partial charge in [0.25, 0.3) is 0 Å². The van der Waals surface area contributed by atoms with Crippen LogP contribution in [0.4, 0.5) is 0 Å². The summed E-state index contributed by atoms with van der Waals surface area (Å²) in [6, 6.07) is 16.1. The van der Waals surface area contributed by atoms with Crippen LogP contribution >= 0.6 is 0 Å². The third kappa shape index (κ3) is 10.8. The topological polar surface area (TPSA) is 160 Å². The van der Waals surface area contributed by atoms with Gasteiger partial charge in [0, 0.05) is 25.7 Å². The van der Waals surface area contributed by atoms with Crippen LogP contribution in [-0.2, 0) is 61.7 Å². The lowest BCUT2D eigenvalue weighted by atomic mass is 9.79. The van der Waals surface area contributed by atoms with Crippen molar-refractivity contribution in [2.75, 3.05) is 19.8 Å². The lowest BCUT2D eigenvalue weighted by Gasteiger charge is -2.28. The van der Waals surface area contributed by atoms with Crippen molar-refractivity contribution in [1.82, 2.24) is 0 Å². The van der Waals surface area contributed by atoms with Crippen LogP contribution in [0.25, 0.3) is 0 Å². The molecule has 1 aliphatic rings. The number of ether oxygens (including phenoxy) is 3. The van der Waals surface area contributed by atoms with E-state index in [1.807, 2.05) is 48.5 Å². The zero-order valence-electron chi connectivity index (χ0n) is 37.3. The molecule has 4 N–H and O–H groups in total. The Balaban J connectivity index is 2.01. The molecule has 10 heteroatoms. The highest BCUT2D eigenvalue weighted by atomic mass is 16.5. The molecule has 5 rings (SSSR count). The van der Waals surface area contributed by atoms with Crippen molar-refractivity contribution in [2.45, 2.75) is 130 Å². The van der Waals surface area contributed by atoms with Crippen molar-refractivity contribution >= 4 is 17.9 Å². The quantitative estimate of drug-likeness (QED) is 0.113. The number of phenolic OH excluding ortho intramolecular Hbond substituents is 1. The molecular formula is C50H62O10. The average molecular weight is 823 g/mol. The number of carbonyl (C=O) groups is 3. The van der Waals surface area contributed by atoms with E-state index in [0.717, 1.165) is 22.3 Å². The van der Waals surface area contributed by atoms with Crippen molar-refractivity contribution in [3.05, 3.63) is 115 Å². The monoisotopic (exact) mass is 822 g/mol. The Hall–Kier alpha value is -5.51. The minimum absolute atomic E-state index is 0.0679. The van der Waals surface area contributed by atoms with Crippen molar-refractivity contribution in [2.24, 2.45) is 0 Å². The number of aromatic hydroxyl groups is 1. The summed E-state index contributed by atoms with van der Waals surface area (Å²) in [7, 11) is 0. The number of hydrogen-bond acceptors (Lipinski definition) is 7. The van der Waals surface area contributed by atoms with Crippen LogP contribution < -0.4 is 14.2 Å². The van der Waals surface area contributed by atoms with Gasteiger partial charge in [-0.15, -0.1) is 0 Å². The number of phenols is 1. The molecule has 60 heavy (non-hydrogen) atoms. The van der Waals surface area contributed by atoms with Gasteiger partial charge in [-0.1, -0.05) is 132 Å². The van der Waals surface area contributed by atoms with E-state index in [1.54, 1.807) is 0 Å². The highest BCUT2D eigenvalue weighted by Crippen LogP contribution is 2.44. The third-order valence-electron chi connectivity index (χ3n) is 11.0. The summed E-state index contributed by atoms with van der Waals surface area (Å²) >= 11 is 0. The Morgan fingerprint density at radius 3 is 0.767 bits per heavy atom. The Bertz CT molecular complexity index is 2170. The van der Waals surface area contributed by atoms with Crippen molar-refractivity contribution in [1.29, 1.82) is 0 Å². The van der Waals surface area contributed by atoms with Gasteiger partial charge < -0.3 is 34.6 Å².